The second-order valence-corrected chi connectivity index (χ2v) is 11.6. The quantitative estimate of drug-likeness (QED) is 0.177. The second-order valence-electron chi connectivity index (χ2n) is 11.6. The molecule has 1 aliphatic rings. The van der Waals surface area contributed by atoms with Crippen LogP contribution in [0.15, 0.2) is 152 Å². The molecule has 0 N–H and O–H groups in total. The van der Waals surface area contributed by atoms with E-state index in [1.165, 1.54) is 71.6 Å². The highest BCUT2D eigenvalue weighted by Crippen LogP contribution is 2.41. The Morgan fingerprint density at radius 2 is 1.36 bits per heavy atom. The van der Waals surface area contributed by atoms with Crippen molar-refractivity contribution in [3.63, 3.8) is 0 Å². The van der Waals surface area contributed by atoms with E-state index in [4.69, 9.17) is 0 Å². The van der Waals surface area contributed by atoms with Crippen LogP contribution in [0.1, 0.15) is 30.9 Å². The van der Waals surface area contributed by atoms with Gasteiger partial charge in [0.05, 0.1) is 16.6 Å². The second kappa shape index (κ2) is 11.1. The van der Waals surface area contributed by atoms with Crippen molar-refractivity contribution in [1.82, 2.24) is 9.13 Å². The van der Waals surface area contributed by atoms with Gasteiger partial charge in [0.2, 0.25) is 0 Å². The highest BCUT2D eigenvalue weighted by atomic mass is 15.0. The number of para-hydroxylation sites is 2. The number of rotatable bonds is 6. The summed E-state index contributed by atoms with van der Waals surface area (Å²) >= 11 is 0. The SMILES string of the molecule is C/C=C\C=C(/Cn1c2ccccc2c2ccc3c4ccccc4n(-c4ccc(C5=CC=CCC5)cc4)c3c21)c1ccccc1. The van der Waals surface area contributed by atoms with E-state index in [0.717, 1.165) is 19.4 Å². The number of hydrogen-bond acceptors (Lipinski definition) is 0. The molecule has 0 radical (unpaired) electrons. The predicted molar refractivity (Wildman–Crippen MR) is 189 cm³/mol. The van der Waals surface area contributed by atoms with Crippen LogP contribution in [0, 0.1) is 0 Å². The summed E-state index contributed by atoms with van der Waals surface area (Å²) in [5, 5.41) is 5.12. The summed E-state index contributed by atoms with van der Waals surface area (Å²) in [6.07, 6.45) is 15.4. The number of fused-ring (bicyclic) bond motifs is 7. The Morgan fingerprint density at radius 3 is 2.09 bits per heavy atom. The molecular weight excluding hydrogens is 532 g/mol. The number of hydrogen-bond donors (Lipinski definition) is 0. The van der Waals surface area contributed by atoms with Crippen LogP contribution in [0.5, 0.6) is 0 Å². The first-order valence-corrected chi connectivity index (χ1v) is 15.6. The van der Waals surface area contributed by atoms with Crippen LogP contribution in [-0.2, 0) is 6.54 Å². The molecule has 0 saturated heterocycles. The standard InChI is InChI=1S/C42H34N2/c1-2-3-14-33(31-17-8-5-9-18-31)29-43-39-21-12-10-19-35(39)37-27-28-38-36-20-11-13-22-40(36)44(42(38)41(37)43)34-25-23-32(24-26-34)30-15-6-4-7-16-30/h2-6,8-15,17-28H,7,16,29H2,1H3/b3-2-,33-14+. The lowest BCUT2D eigenvalue weighted by Gasteiger charge is -2.15. The van der Waals surface area contributed by atoms with Crippen molar-refractivity contribution >= 4 is 54.8 Å². The van der Waals surface area contributed by atoms with Crippen molar-refractivity contribution in [2.45, 2.75) is 26.3 Å². The molecule has 8 rings (SSSR count). The summed E-state index contributed by atoms with van der Waals surface area (Å²) in [6.45, 7) is 2.84. The molecule has 2 heterocycles. The maximum Gasteiger partial charge on any atom is 0.0785 e. The molecule has 0 unspecified atom stereocenters. The minimum atomic E-state index is 0.764. The van der Waals surface area contributed by atoms with Crippen LogP contribution in [0.2, 0.25) is 0 Å². The van der Waals surface area contributed by atoms with Gasteiger partial charge in [-0.3, -0.25) is 0 Å². The summed E-state index contributed by atoms with van der Waals surface area (Å²) in [6, 6.07) is 42.3. The minimum Gasteiger partial charge on any atom is -0.334 e. The maximum atomic E-state index is 2.54. The fourth-order valence-corrected chi connectivity index (χ4v) is 6.96. The van der Waals surface area contributed by atoms with E-state index in [-0.39, 0.29) is 0 Å². The fourth-order valence-electron chi connectivity index (χ4n) is 6.96. The zero-order valence-electron chi connectivity index (χ0n) is 24.9. The van der Waals surface area contributed by atoms with E-state index < -0.39 is 0 Å². The molecule has 212 valence electrons. The average molecular weight is 567 g/mol. The van der Waals surface area contributed by atoms with Crippen molar-refractivity contribution < 1.29 is 0 Å². The molecule has 2 heteroatoms. The zero-order chi connectivity index (χ0) is 29.5. The molecule has 7 aromatic rings. The number of allylic oxidation sites excluding steroid dienone is 8. The normalized spacial score (nSPS) is 14.0. The van der Waals surface area contributed by atoms with Gasteiger partial charge in [0, 0.05) is 39.3 Å². The van der Waals surface area contributed by atoms with Crippen molar-refractivity contribution in [1.29, 1.82) is 0 Å². The molecule has 0 spiro atoms. The Hall–Kier alpha value is -5.34. The van der Waals surface area contributed by atoms with Gasteiger partial charge < -0.3 is 9.13 Å². The summed E-state index contributed by atoms with van der Waals surface area (Å²) in [5.74, 6) is 0. The summed E-state index contributed by atoms with van der Waals surface area (Å²) in [7, 11) is 0. The van der Waals surface area contributed by atoms with Crippen molar-refractivity contribution in [2.24, 2.45) is 0 Å². The van der Waals surface area contributed by atoms with E-state index in [2.05, 4.69) is 168 Å². The molecule has 0 atom stereocenters. The van der Waals surface area contributed by atoms with Gasteiger partial charge in [-0.05, 0) is 66.3 Å². The molecule has 44 heavy (non-hydrogen) atoms. The summed E-state index contributed by atoms with van der Waals surface area (Å²) in [5.41, 5.74) is 11.4. The molecule has 2 aromatic heterocycles. The Kier molecular flexibility index (Phi) is 6.61. The lowest BCUT2D eigenvalue weighted by molar-refractivity contribution is 0.915. The van der Waals surface area contributed by atoms with Crippen LogP contribution in [0.3, 0.4) is 0 Å². The lowest BCUT2D eigenvalue weighted by Crippen LogP contribution is -2.03. The van der Waals surface area contributed by atoms with Crippen molar-refractivity contribution in [3.8, 4) is 5.69 Å². The van der Waals surface area contributed by atoms with Gasteiger partial charge in [0.15, 0.2) is 0 Å². The molecular formula is C42H34N2. The van der Waals surface area contributed by atoms with Gasteiger partial charge in [0.1, 0.15) is 0 Å². The zero-order valence-corrected chi connectivity index (χ0v) is 24.9. The Balaban J connectivity index is 1.43. The molecule has 0 amide bonds. The monoisotopic (exact) mass is 566 g/mol. The number of aromatic nitrogens is 2. The van der Waals surface area contributed by atoms with Crippen LogP contribution in [0.25, 0.3) is 60.4 Å². The lowest BCUT2D eigenvalue weighted by atomic mass is 9.97. The molecule has 0 aliphatic heterocycles. The largest absolute Gasteiger partial charge is 0.334 e. The van der Waals surface area contributed by atoms with Gasteiger partial charge in [-0.15, -0.1) is 0 Å². The van der Waals surface area contributed by atoms with Gasteiger partial charge in [-0.2, -0.15) is 0 Å². The smallest absolute Gasteiger partial charge is 0.0785 e. The third kappa shape index (κ3) is 4.34. The van der Waals surface area contributed by atoms with E-state index in [0.29, 0.717) is 0 Å². The third-order valence-corrected chi connectivity index (χ3v) is 9.04. The highest BCUT2D eigenvalue weighted by molar-refractivity contribution is 6.23. The van der Waals surface area contributed by atoms with Crippen LogP contribution in [-0.4, -0.2) is 9.13 Å². The number of benzene rings is 5. The third-order valence-electron chi connectivity index (χ3n) is 9.04. The summed E-state index contributed by atoms with van der Waals surface area (Å²) < 4.78 is 5.03. The van der Waals surface area contributed by atoms with Crippen molar-refractivity contribution in [3.05, 3.63) is 163 Å². The van der Waals surface area contributed by atoms with E-state index >= 15 is 0 Å². The molecule has 5 aromatic carbocycles. The summed E-state index contributed by atoms with van der Waals surface area (Å²) in [4.78, 5) is 0. The van der Waals surface area contributed by atoms with Gasteiger partial charge >= 0.3 is 0 Å². The van der Waals surface area contributed by atoms with Crippen molar-refractivity contribution in [2.75, 3.05) is 0 Å². The van der Waals surface area contributed by atoms with E-state index in [9.17, 15) is 0 Å². The predicted octanol–water partition coefficient (Wildman–Crippen LogP) is 11.3. The first kappa shape index (κ1) is 26.3. The molecule has 0 saturated carbocycles. The first-order valence-electron chi connectivity index (χ1n) is 15.6. The Morgan fingerprint density at radius 1 is 0.682 bits per heavy atom. The molecule has 0 bridgehead atoms. The molecule has 1 aliphatic carbocycles. The van der Waals surface area contributed by atoms with Crippen LogP contribution in [0.4, 0.5) is 0 Å². The van der Waals surface area contributed by atoms with Gasteiger partial charge in [-0.25, -0.2) is 0 Å². The fraction of sp³-hybridized carbons (Fsp3) is 0.0952. The Bertz CT molecular complexity index is 2280. The van der Waals surface area contributed by atoms with Crippen LogP contribution >= 0.6 is 0 Å². The topological polar surface area (TPSA) is 9.86 Å². The van der Waals surface area contributed by atoms with Gasteiger partial charge in [0.25, 0.3) is 0 Å². The average Bonchev–Trinajstić information content (AvgIpc) is 3.60. The van der Waals surface area contributed by atoms with Gasteiger partial charge in [-0.1, -0.05) is 127 Å². The number of nitrogens with zero attached hydrogens (tertiary/aromatic N) is 2. The Labute approximate surface area is 258 Å². The maximum absolute atomic E-state index is 2.54. The molecule has 2 nitrogen and oxygen atoms in total. The van der Waals surface area contributed by atoms with E-state index in [1.54, 1.807) is 0 Å². The highest BCUT2D eigenvalue weighted by Gasteiger charge is 2.21. The minimum absolute atomic E-state index is 0.764. The van der Waals surface area contributed by atoms with Crippen LogP contribution < -0.4 is 0 Å². The van der Waals surface area contributed by atoms with E-state index in [1.807, 2.05) is 0 Å². The molecule has 0 fully saturated rings. The first-order chi connectivity index (χ1) is 21.8.